The molecule has 15 heavy (non-hydrogen) atoms. The van der Waals surface area contributed by atoms with E-state index in [4.69, 9.17) is 5.73 Å². The van der Waals surface area contributed by atoms with E-state index < -0.39 is 0 Å². The summed E-state index contributed by atoms with van der Waals surface area (Å²) in [6, 6.07) is 9.77. The van der Waals surface area contributed by atoms with Crippen molar-refractivity contribution in [3.63, 3.8) is 0 Å². The van der Waals surface area contributed by atoms with Gasteiger partial charge < -0.3 is 10.6 Å². The Balaban J connectivity index is 1.90. The Morgan fingerprint density at radius 3 is 2.40 bits per heavy atom. The summed E-state index contributed by atoms with van der Waals surface area (Å²) in [5, 5.41) is 0. The molecule has 1 aromatic carbocycles. The lowest BCUT2D eigenvalue weighted by atomic mass is 10.2. The molecule has 1 saturated carbocycles. The highest BCUT2D eigenvalue weighted by Gasteiger charge is 2.37. The van der Waals surface area contributed by atoms with Gasteiger partial charge in [0.15, 0.2) is 0 Å². The van der Waals surface area contributed by atoms with E-state index in [1.54, 1.807) is 0 Å². The maximum absolute atomic E-state index is 6.06. The third-order valence-corrected chi connectivity index (χ3v) is 4.41. The van der Waals surface area contributed by atoms with Crippen molar-refractivity contribution in [3.05, 3.63) is 24.3 Å². The van der Waals surface area contributed by atoms with E-state index in [1.165, 1.54) is 30.0 Å². The number of rotatable bonds is 3. The summed E-state index contributed by atoms with van der Waals surface area (Å²) in [5.74, 6) is 2.54. The van der Waals surface area contributed by atoms with Gasteiger partial charge in [-0.3, -0.25) is 0 Å². The molecule has 0 radical (unpaired) electrons. The van der Waals surface area contributed by atoms with Crippen LogP contribution in [0.1, 0.15) is 12.8 Å². The lowest BCUT2D eigenvalue weighted by Gasteiger charge is -2.39. The van der Waals surface area contributed by atoms with Gasteiger partial charge in [0.05, 0.1) is 11.4 Å². The number of hydrogen-bond donors (Lipinski definition) is 1. The van der Waals surface area contributed by atoms with Crippen LogP contribution in [-0.2, 0) is 0 Å². The predicted molar refractivity (Wildman–Crippen MR) is 67.5 cm³/mol. The zero-order valence-electron chi connectivity index (χ0n) is 8.73. The van der Waals surface area contributed by atoms with Crippen molar-refractivity contribution in [1.82, 2.24) is 0 Å². The van der Waals surface area contributed by atoms with Crippen LogP contribution in [-0.4, -0.2) is 23.6 Å². The van der Waals surface area contributed by atoms with Crippen molar-refractivity contribution in [3.8, 4) is 0 Å². The van der Waals surface area contributed by atoms with Gasteiger partial charge in [-0.05, 0) is 25.0 Å². The summed E-state index contributed by atoms with van der Waals surface area (Å²) < 4.78 is 0. The molecule has 0 atom stereocenters. The Kier molecular flexibility index (Phi) is 2.28. The van der Waals surface area contributed by atoms with E-state index in [1.807, 2.05) is 23.9 Å². The molecule has 1 aliphatic heterocycles. The number of para-hydroxylation sites is 2. The molecule has 3 heteroatoms. The second-order valence-electron chi connectivity index (χ2n) is 4.39. The summed E-state index contributed by atoms with van der Waals surface area (Å²) in [6.45, 7) is 0. The average molecular weight is 220 g/mol. The number of thioether (sulfide) groups is 1. The Morgan fingerprint density at radius 1 is 1.13 bits per heavy atom. The molecule has 0 aromatic heterocycles. The maximum atomic E-state index is 6.06. The molecule has 1 heterocycles. The molecule has 2 aliphatic rings. The van der Waals surface area contributed by atoms with Gasteiger partial charge in [-0.25, -0.2) is 0 Å². The number of nitrogens with two attached hydrogens (primary N) is 1. The quantitative estimate of drug-likeness (QED) is 0.793. The van der Waals surface area contributed by atoms with Crippen LogP contribution in [0.2, 0.25) is 0 Å². The minimum Gasteiger partial charge on any atom is -0.397 e. The molecular weight excluding hydrogens is 204 g/mol. The molecule has 3 rings (SSSR count). The summed E-state index contributed by atoms with van der Waals surface area (Å²) >= 11 is 2.04. The molecular formula is C12H16N2S. The third-order valence-electron chi connectivity index (χ3n) is 3.17. The first kappa shape index (κ1) is 9.40. The second-order valence-corrected chi connectivity index (χ2v) is 5.46. The van der Waals surface area contributed by atoms with E-state index in [9.17, 15) is 0 Å². The summed E-state index contributed by atoms with van der Waals surface area (Å²) in [7, 11) is 0. The fourth-order valence-corrected chi connectivity index (χ4v) is 2.92. The Labute approximate surface area is 94.8 Å². The molecule has 2 N–H and O–H groups in total. The lowest BCUT2D eigenvalue weighted by Crippen LogP contribution is -2.46. The predicted octanol–water partition coefficient (Wildman–Crippen LogP) is 2.35. The normalized spacial score (nSPS) is 21.1. The summed E-state index contributed by atoms with van der Waals surface area (Å²) in [4.78, 5) is 2.56. The van der Waals surface area contributed by atoms with Crippen molar-refractivity contribution >= 4 is 23.1 Å². The second kappa shape index (κ2) is 3.63. The number of hydrogen-bond acceptors (Lipinski definition) is 3. The first-order chi connectivity index (χ1) is 7.36. The van der Waals surface area contributed by atoms with Gasteiger partial charge in [-0.1, -0.05) is 12.1 Å². The molecule has 2 fully saturated rings. The van der Waals surface area contributed by atoms with E-state index in [2.05, 4.69) is 17.0 Å². The number of benzene rings is 1. The highest BCUT2D eigenvalue weighted by molar-refractivity contribution is 8.00. The molecule has 1 saturated heterocycles. The molecule has 2 nitrogen and oxygen atoms in total. The van der Waals surface area contributed by atoms with Gasteiger partial charge >= 0.3 is 0 Å². The maximum Gasteiger partial charge on any atom is 0.0605 e. The Hall–Kier alpha value is -0.830. The zero-order valence-corrected chi connectivity index (χ0v) is 9.54. The molecule has 0 bridgehead atoms. The van der Waals surface area contributed by atoms with Crippen LogP contribution < -0.4 is 10.6 Å². The Bertz CT molecular complexity index is 358. The Morgan fingerprint density at radius 2 is 1.87 bits per heavy atom. The van der Waals surface area contributed by atoms with Crippen molar-refractivity contribution in [2.45, 2.75) is 24.9 Å². The largest absolute Gasteiger partial charge is 0.397 e. The first-order valence-electron chi connectivity index (χ1n) is 5.57. The summed E-state index contributed by atoms with van der Waals surface area (Å²) in [5.41, 5.74) is 8.24. The van der Waals surface area contributed by atoms with Crippen molar-refractivity contribution in [2.75, 3.05) is 22.1 Å². The fraction of sp³-hybridized carbons (Fsp3) is 0.500. The smallest absolute Gasteiger partial charge is 0.0605 e. The standard InChI is InChI=1S/C12H16N2S/c13-11-3-1-2-4-12(11)14(9-5-6-9)10-7-15-8-10/h1-4,9-10H,5-8,13H2. The monoisotopic (exact) mass is 220 g/mol. The molecule has 80 valence electrons. The number of nitrogen functional groups attached to an aromatic ring is 1. The van der Waals surface area contributed by atoms with Crippen LogP contribution in [0.15, 0.2) is 24.3 Å². The summed E-state index contributed by atoms with van der Waals surface area (Å²) in [6.07, 6.45) is 2.69. The van der Waals surface area contributed by atoms with Crippen LogP contribution >= 0.6 is 11.8 Å². The van der Waals surface area contributed by atoms with Crippen LogP contribution in [0.3, 0.4) is 0 Å². The molecule has 1 aliphatic carbocycles. The third kappa shape index (κ3) is 1.69. The van der Waals surface area contributed by atoms with Gasteiger partial charge in [0.1, 0.15) is 0 Å². The van der Waals surface area contributed by atoms with Crippen LogP contribution in [0.4, 0.5) is 11.4 Å². The van der Waals surface area contributed by atoms with Crippen molar-refractivity contribution in [2.24, 2.45) is 0 Å². The molecule has 0 amide bonds. The number of anilines is 2. The van der Waals surface area contributed by atoms with Crippen LogP contribution in [0.25, 0.3) is 0 Å². The molecule has 0 spiro atoms. The van der Waals surface area contributed by atoms with E-state index in [0.29, 0.717) is 0 Å². The van der Waals surface area contributed by atoms with Crippen LogP contribution in [0, 0.1) is 0 Å². The van der Waals surface area contributed by atoms with E-state index in [0.717, 1.165) is 17.8 Å². The van der Waals surface area contributed by atoms with E-state index >= 15 is 0 Å². The molecule has 1 aromatic rings. The van der Waals surface area contributed by atoms with Gasteiger partial charge in [-0.2, -0.15) is 11.8 Å². The SMILES string of the molecule is Nc1ccccc1N(C1CC1)C1CSC1. The van der Waals surface area contributed by atoms with Crippen LogP contribution in [0.5, 0.6) is 0 Å². The molecule has 0 unspecified atom stereocenters. The average Bonchev–Trinajstić information content (AvgIpc) is 2.96. The van der Waals surface area contributed by atoms with Crippen molar-refractivity contribution < 1.29 is 0 Å². The van der Waals surface area contributed by atoms with Crippen molar-refractivity contribution in [1.29, 1.82) is 0 Å². The highest BCUT2D eigenvalue weighted by Crippen LogP contribution is 2.40. The van der Waals surface area contributed by atoms with Gasteiger partial charge in [0, 0.05) is 23.6 Å². The van der Waals surface area contributed by atoms with Gasteiger partial charge in [0.2, 0.25) is 0 Å². The van der Waals surface area contributed by atoms with Gasteiger partial charge in [-0.15, -0.1) is 0 Å². The minimum absolute atomic E-state index is 0.729. The first-order valence-corrected chi connectivity index (χ1v) is 6.72. The highest BCUT2D eigenvalue weighted by atomic mass is 32.2. The topological polar surface area (TPSA) is 29.3 Å². The minimum atomic E-state index is 0.729. The van der Waals surface area contributed by atoms with Gasteiger partial charge in [0.25, 0.3) is 0 Å². The van der Waals surface area contributed by atoms with E-state index in [-0.39, 0.29) is 0 Å². The zero-order chi connectivity index (χ0) is 10.3. The fourth-order valence-electron chi connectivity index (χ4n) is 2.15. The lowest BCUT2D eigenvalue weighted by molar-refractivity contribution is 0.673. The number of nitrogens with zero attached hydrogens (tertiary/aromatic N) is 1.